The van der Waals surface area contributed by atoms with E-state index in [2.05, 4.69) is 15.2 Å². The van der Waals surface area contributed by atoms with Crippen molar-refractivity contribution in [2.45, 2.75) is 36.8 Å². The van der Waals surface area contributed by atoms with Crippen molar-refractivity contribution in [2.24, 2.45) is 0 Å². The molecule has 8 heteroatoms. The Morgan fingerprint density at radius 2 is 1.94 bits per heavy atom. The molecular weight excluding hydrogens is 465 g/mol. The van der Waals surface area contributed by atoms with E-state index in [1.165, 1.54) is 11.3 Å². The number of benzene rings is 2. The van der Waals surface area contributed by atoms with Crippen LogP contribution in [-0.2, 0) is 10.2 Å². The SMILES string of the molecule is O=C(Nc1ncc(C(c2ccccc2Cl)N2CC[C@@H](O)C2)s1)C1(c2ccc(Cl)cc2)CC1. The van der Waals surface area contributed by atoms with Crippen LogP contribution in [0.1, 0.15) is 41.3 Å². The second-order valence-corrected chi connectivity index (χ2v) is 10.4. The van der Waals surface area contributed by atoms with Gasteiger partial charge in [-0.1, -0.05) is 64.9 Å². The Balaban J connectivity index is 1.39. The third-order valence-corrected chi connectivity index (χ3v) is 7.92. The highest BCUT2D eigenvalue weighted by molar-refractivity contribution is 7.15. The van der Waals surface area contributed by atoms with Crippen molar-refractivity contribution in [1.29, 1.82) is 0 Å². The first-order chi connectivity index (χ1) is 15.5. The van der Waals surface area contributed by atoms with Gasteiger partial charge in [0.1, 0.15) is 0 Å². The summed E-state index contributed by atoms with van der Waals surface area (Å²) < 4.78 is 0. The van der Waals surface area contributed by atoms with Crippen molar-refractivity contribution < 1.29 is 9.90 Å². The van der Waals surface area contributed by atoms with Crippen LogP contribution in [0.15, 0.2) is 54.7 Å². The Morgan fingerprint density at radius 1 is 1.19 bits per heavy atom. The molecular formula is C24H23Cl2N3O2S. The molecule has 1 aliphatic heterocycles. The molecule has 32 heavy (non-hydrogen) atoms. The van der Waals surface area contributed by atoms with Gasteiger partial charge in [0.25, 0.3) is 0 Å². The van der Waals surface area contributed by atoms with E-state index in [1.54, 1.807) is 6.20 Å². The Labute approximate surface area is 201 Å². The molecule has 0 radical (unpaired) electrons. The van der Waals surface area contributed by atoms with Gasteiger partial charge in [-0.25, -0.2) is 4.98 Å². The summed E-state index contributed by atoms with van der Waals surface area (Å²) in [5.41, 5.74) is 1.46. The first-order valence-corrected chi connectivity index (χ1v) is 12.2. The monoisotopic (exact) mass is 487 g/mol. The number of nitrogens with zero attached hydrogens (tertiary/aromatic N) is 2. The molecule has 0 bridgehead atoms. The molecule has 1 unspecified atom stereocenters. The molecule has 2 heterocycles. The number of aliphatic hydroxyl groups excluding tert-OH is 1. The van der Waals surface area contributed by atoms with Crippen molar-refractivity contribution in [3.63, 3.8) is 0 Å². The minimum atomic E-state index is -0.502. The van der Waals surface area contributed by atoms with E-state index in [4.69, 9.17) is 23.2 Å². The third-order valence-electron chi connectivity index (χ3n) is 6.35. The highest BCUT2D eigenvalue weighted by atomic mass is 35.5. The predicted molar refractivity (Wildman–Crippen MR) is 129 cm³/mol. The summed E-state index contributed by atoms with van der Waals surface area (Å²) in [6, 6.07) is 15.1. The number of thiazole rings is 1. The first-order valence-electron chi connectivity index (χ1n) is 10.7. The highest BCUT2D eigenvalue weighted by Crippen LogP contribution is 2.49. The van der Waals surface area contributed by atoms with Gasteiger partial charge in [0, 0.05) is 34.2 Å². The van der Waals surface area contributed by atoms with Crippen LogP contribution in [0.3, 0.4) is 0 Å². The van der Waals surface area contributed by atoms with E-state index in [1.807, 2.05) is 48.5 Å². The second-order valence-electron chi connectivity index (χ2n) is 8.47. The number of amides is 1. The summed E-state index contributed by atoms with van der Waals surface area (Å²) in [7, 11) is 0. The van der Waals surface area contributed by atoms with Crippen LogP contribution >= 0.6 is 34.5 Å². The molecule has 166 valence electrons. The lowest BCUT2D eigenvalue weighted by Crippen LogP contribution is -2.28. The Bertz CT molecular complexity index is 1130. The molecule has 2 N–H and O–H groups in total. The zero-order chi connectivity index (χ0) is 22.3. The van der Waals surface area contributed by atoms with Gasteiger partial charge >= 0.3 is 0 Å². The number of hydrogen-bond acceptors (Lipinski definition) is 5. The third kappa shape index (κ3) is 4.18. The summed E-state index contributed by atoms with van der Waals surface area (Å²) in [4.78, 5) is 20.9. The molecule has 5 nitrogen and oxygen atoms in total. The standard InChI is InChI=1S/C24H23Cl2N3O2S/c25-16-7-5-15(6-8-16)24(10-11-24)22(31)28-23-27-13-20(32-23)21(29-12-9-17(30)14-29)18-3-1-2-4-19(18)26/h1-8,13,17,21,30H,9-12,14H2,(H,27,28,31)/t17-,21?/m1/s1. The van der Waals surface area contributed by atoms with E-state index < -0.39 is 5.41 Å². The van der Waals surface area contributed by atoms with Gasteiger partial charge < -0.3 is 10.4 Å². The van der Waals surface area contributed by atoms with Gasteiger partial charge in [0.15, 0.2) is 5.13 Å². The maximum absolute atomic E-state index is 13.1. The zero-order valence-corrected chi connectivity index (χ0v) is 19.6. The molecule has 2 aromatic carbocycles. The topological polar surface area (TPSA) is 65.5 Å². The Hall–Kier alpha value is -1.96. The van der Waals surface area contributed by atoms with Crippen molar-refractivity contribution in [3.8, 4) is 0 Å². The molecule has 1 saturated heterocycles. The van der Waals surface area contributed by atoms with Crippen molar-refractivity contribution in [2.75, 3.05) is 18.4 Å². The number of carbonyl (C=O) groups excluding carboxylic acids is 1. The van der Waals surface area contributed by atoms with Crippen LogP contribution < -0.4 is 5.32 Å². The summed E-state index contributed by atoms with van der Waals surface area (Å²) in [5.74, 6) is -0.0355. The molecule has 2 atom stereocenters. The lowest BCUT2D eigenvalue weighted by Gasteiger charge is -2.27. The zero-order valence-electron chi connectivity index (χ0n) is 17.3. The number of aromatic nitrogens is 1. The van der Waals surface area contributed by atoms with E-state index in [0.717, 1.165) is 41.8 Å². The maximum Gasteiger partial charge on any atom is 0.236 e. The lowest BCUT2D eigenvalue weighted by atomic mass is 9.95. The van der Waals surface area contributed by atoms with Crippen molar-refractivity contribution in [3.05, 3.63) is 80.8 Å². The fraction of sp³-hybridized carbons (Fsp3) is 0.333. The summed E-state index contributed by atoms with van der Waals surface area (Å²) in [6.07, 6.45) is 3.81. The van der Waals surface area contributed by atoms with Gasteiger partial charge in [-0.15, -0.1) is 0 Å². The second kappa shape index (κ2) is 8.76. The van der Waals surface area contributed by atoms with Gasteiger partial charge in [-0.2, -0.15) is 0 Å². The van der Waals surface area contributed by atoms with Crippen LogP contribution in [-0.4, -0.2) is 40.1 Å². The molecule has 1 aliphatic carbocycles. The fourth-order valence-corrected chi connectivity index (χ4v) is 5.79. The van der Waals surface area contributed by atoms with Crippen LogP contribution in [0.4, 0.5) is 5.13 Å². The number of hydrogen-bond donors (Lipinski definition) is 2. The fourth-order valence-electron chi connectivity index (χ4n) is 4.46. The van der Waals surface area contributed by atoms with E-state index in [9.17, 15) is 9.90 Å². The number of halogens is 2. The molecule has 5 rings (SSSR count). The van der Waals surface area contributed by atoms with Crippen molar-refractivity contribution in [1.82, 2.24) is 9.88 Å². The van der Waals surface area contributed by atoms with Gasteiger partial charge in [0.05, 0.1) is 17.6 Å². The largest absolute Gasteiger partial charge is 0.392 e. The number of carbonyl (C=O) groups is 1. The van der Waals surface area contributed by atoms with E-state index in [0.29, 0.717) is 21.7 Å². The molecule has 1 saturated carbocycles. The molecule has 3 aromatic rings. The smallest absolute Gasteiger partial charge is 0.236 e. The Kier molecular flexibility index (Phi) is 5.99. The Morgan fingerprint density at radius 3 is 2.59 bits per heavy atom. The van der Waals surface area contributed by atoms with Crippen LogP contribution in [0, 0.1) is 0 Å². The highest BCUT2D eigenvalue weighted by Gasteiger charge is 2.51. The lowest BCUT2D eigenvalue weighted by molar-refractivity contribution is -0.118. The normalized spacial score (nSPS) is 20.8. The molecule has 2 fully saturated rings. The number of β-amino-alcohol motifs (C(OH)–C–C–N with tert-alkyl or cyclic N) is 1. The number of anilines is 1. The van der Waals surface area contributed by atoms with Gasteiger partial charge in [-0.05, 0) is 48.6 Å². The minimum Gasteiger partial charge on any atom is -0.392 e. The number of aliphatic hydroxyl groups is 1. The average molecular weight is 488 g/mol. The van der Waals surface area contributed by atoms with Crippen LogP contribution in [0.2, 0.25) is 10.0 Å². The molecule has 2 aliphatic rings. The summed E-state index contributed by atoms with van der Waals surface area (Å²) >= 11 is 14.0. The van der Waals surface area contributed by atoms with E-state index in [-0.39, 0.29) is 18.1 Å². The number of nitrogens with one attached hydrogen (secondary N) is 1. The molecule has 1 aromatic heterocycles. The quantitative estimate of drug-likeness (QED) is 0.496. The average Bonchev–Trinajstić information content (AvgIpc) is 3.30. The maximum atomic E-state index is 13.1. The number of likely N-dealkylation sites (tertiary alicyclic amines) is 1. The first kappa shape index (κ1) is 21.9. The summed E-state index contributed by atoms with van der Waals surface area (Å²) in [6.45, 7) is 1.35. The molecule has 0 spiro atoms. The van der Waals surface area contributed by atoms with E-state index >= 15 is 0 Å². The van der Waals surface area contributed by atoms with Gasteiger partial charge in [-0.3, -0.25) is 9.69 Å². The molecule has 1 amide bonds. The van der Waals surface area contributed by atoms with Crippen LogP contribution in [0.25, 0.3) is 0 Å². The number of rotatable bonds is 6. The summed E-state index contributed by atoms with van der Waals surface area (Å²) in [5, 5.41) is 15.0. The minimum absolute atomic E-state index is 0.0355. The van der Waals surface area contributed by atoms with Crippen LogP contribution in [0.5, 0.6) is 0 Å². The van der Waals surface area contributed by atoms with Gasteiger partial charge in [0.2, 0.25) is 5.91 Å². The van der Waals surface area contributed by atoms with Crippen molar-refractivity contribution >= 4 is 45.6 Å². The predicted octanol–water partition coefficient (Wildman–Crippen LogP) is 5.28.